The molecule has 0 bridgehead atoms. The summed E-state index contributed by atoms with van der Waals surface area (Å²) in [5.41, 5.74) is 1.37. The number of aliphatic hydroxyl groups is 1. The van der Waals surface area contributed by atoms with Gasteiger partial charge in [0.05, 0.1) is 12.7 Å². The number of carbonyl (C=O) groups excluding carboxylic acids is 1. The number of Topliss-reactive ketones (excluding diaryl/α,β-unsaturated/α-hetero) is 1. The minimum atomic E-state index is -0.167. The highest BCUT2D eigenvalue weighted by Crippen LogP contribution is 2.63. The van der Waals surface area contributed by atoms with Gasteiger partial charge in [-0.25, -0.2) is 0 Å². The molecule has 4 aliphatic carbocycles. The molecule has 4 saturated carbocycles. The molecule has 4 aliphatic rings. The number of carbonyl (C=O) groups is 1. The zero-order chi connectivity index (χ0) is 20.7. The SMILES string of the molecule is CCc1cccc(OCC[C@]23CCC4C(CC[C@H]5CC(=O)CCC45)C2CC[C@@H]3O)c1. The molecule has 7 atom stereocenters. The molecule has 164 valence electrons. The van der Waals surface area contributed by atoms with Gasteiger partial charge in [-0.3, -0.25) is 4.79 Å². The van der Waals surface area contributed by atoms with Crippen LogP contribution in [0.4, 0.5) is 0 Å². The normalized spacial score (nSPS) is 40.4. The maximum Gasteiger partial charge on any atom is 0.133 e. The van der Waals surface area contributed by atoms with Crippen LogP contribution in [0.2, 0.25) is 0 Å². The van der Waals surface area contributed by atoms with Gasteiger partial charge in [-0.15, -0.1) is 0 Å². The fourth-order valence-electron chi connectivity index (χ4n) is 8.13. The zero-order valence-electron chi connectivity index (χ0n) is 18.5. The average molecular weight is 411 g/mol. The van der Waals surface area contributed by atoms with E-state index in [4.69, 9.17) is 4.74 Å². The number of ether oxygens (including phenoxy) is 1. The molecular formula is C27H38O3. The van der Waals surface area contributed by atoms with Gasteiger partial charge in [0, 0.05) is 18.3 Å². The van der Waals surface area contributed by atoms with E-state index in [1.165, 1.54) is 31.2 Å². The largest absolute Gasteiger partial charge is 0.494 e. The smallest absolute Gasteiger partial charge is 0.133 e. The molecule has 1 aromatic rings. The van der Waals surface area contributed by atoms with Crippen molar-refractivity contribution in [1.29, 1.82) is 0 Å². The van der Waals surface area contributed by atoms with E-state index in [-0.39, 0.29) is 11.5 Å². The first-order valence-corrected chi connectivity index (χ1v) is 12.5. The van der Waals surface area contributed by atoms with Crippen molar-refractivity contribution in [2.75, 3.05) is 6.61 Å². The average Bonchev–Trinajstić information content (AvgIpc) is 3.10. The van der Waals surface area contributed by atoms with E-state index >= 15 is 0 Å². The van der Waals surface area contributed by atoms with Crippen LogP contribution < -0.4 is 4.74 Å². The summed E-state index contributed by atoms with van der Waals surface area (Å²) in [6.45, 7) is 2.88. The number of ketones is 1. The van der Waals surface area contributed by atoms with Gasteiger partial charge in [-0.1, -0.05) is 19.1 Å². The van der Waals surface area contributed by atoms with E-state index in [0.29, 0.717) is 24.2 Å². The van der Waals surface area contributed by atoms with Crippen molar-refractivity contribution >= 4 is 5.78 Å². The lowest BCUT2D eigenvalue weighted by Gasteiger charge is -2.56. The molecule has 0 spiro atoms. The second-order valence-electron chi connectivity index (χ2n) is 10.7. The number of aryl methyl sites for hydroxylation is 1. The minimum absolute atomic E-state index is 0.0564. The van der Waals surface area contributed by atoms with E-state index in [9.17, 15) is 9.90 Å². The van der Waals surface area contributed by atoms with Crippen molar-refractivity contribution in [2.45, 2.75) is 83.7 Å². The lowest BCUT2D eigenvalue weighted by atomic mass is 9.49. The van der Waals surface area contributed by atoms with Gasteiger partial charge < -0.3 is 9.84 Å². The molecule has 0 saturated heterocycles. The molecule has 1 aromatic carbocycles. The number of hydrogen-bond acceptors (Lipinski definition) is 3. The molecule has 4 fully saturated rings. The molecule has 5 rings (SSSR count). The fourth-order valence-corrected chi connectivity index (χ4v) is 8.13. The number of hydrogen-bond donors (Lipinski definition) is 1. The summed E-state index contributed by atoms with van der Waals surface area (Å²) < 4.78 is 6.19. The molecular weight excluding hydrogens is 372 g/mol. The van der Waals surface area contributed by atoms with Crippen LogP contribution in [0.15, 0.2) is 24.3 Å². The van der Waals surface area contributed by atoms with Crippen molar-refractivity contribution in [1.82, 2.24) is 0 Å². The van der Waals surface area contributed by atoms with Crippen LogP contribution in [-0.4, -0.2) is 23.6 Å². The van der Waals surface area contributed by atoms with Crippen molar-refractivity contribution in [3.8, 4) is 5.75 Å². The van der Waals surface area contributed by atoms with Crippen LogP contribution in [0, 0.1) is 35.0 Å². The molecule has 4 unspecified atom stereocenters. The molecule has 3 nitrogen and oxygen atoms in total. The van der Waals surface area contributed by atoms with Crippen LogP contribution in [0.3, 0.4) is 0 Å². The van der Waals surface area contributed by atoms with Gasteiger partial charge in [-0.2, -0.15) is 0 Å². The Bertz CT molecular complexity index is 773. The van der Waals surface area contributed by atoms with Crippen LogP contribution in [-0.2, 0) is 11.2 Å². The summed E-state index contributed by atoms with van der Waals surface area (Å²) in [4.78, 5) is 12.0. The number of benzene rings is 1. The lowest BCUT2D eigenvalue weighted by molar-refractivity contribution is -0.129. The van der Waals surface area contributed by atoms with Crippen molar-refractivity contribution < 1.29 is 14.6 Å². The van der Waals surface area contributed by atoms with Crippen LogP contribution >= 0.6 is 0 Å². The van der Waals surface area contributed by atoms with Crippen LogP contribution in [0.1, 0.15) is 76.7 Å². The second-order valence-corrected chi connectivity index (χ2v) is 10.7. The Morgan fingerprint density at radius 3 is 2.83 bits per heavy atom. The molecule has 1 N–H and O–H groups in total. The van der Waals surface area contributed by atoms with E-state index < -0.39 is 0 Å². The van der Waals surface area contributed by atoms with Gasteiger partial charge in [0.2, 0.25) is 0 Å². The third-order valence-electron chi connectivity index (χ3n) is 9.58. The summed E-state index contributed by atoms with van der Waals surface area (Å²) >= 11 is 0. The monoisotopic (exact) mass is 410 g/mol. The van der Waals surface area contributed by atoms with Crippen LogP contribution in [0.25, 0.3) is 0 Å². The lowest BCUT2D eigenvalue weighted by Crippen LogP contribution is -2.51. The third kappa shape index (κ3) is 3.51. The Balaban J connectivity index is 1.28. The Labute approximate surface area is 181 Å². The third-order valence-corrected chi connectivity index (χ3v) is 9.58. The van der Waals surface area contributed by atoms with Crippen molar-refractivity contribution in [3.05, 3.63) is 29.8 Å². The van der Waals surface area contributed by atoms with E-state index in [1.54, 1.807) is 0 Å². The van der Waals surface area contributed by atoms with E-state index in [2.05, 4.69) is 31.2 Å². The summed E-state index contributed by atoms with van der Waals surface area (Å²) in [6, 6.07) is 8.45. The number of aliphatic hydroxyl groups excluding tert-OH is 1. The van der Waals surface area contributed by atoms with Crippen LogP contribution in [0.5, 0.6) is 5.75 Å². The highest BCUT2D eigenvalue weighted by Gasteiger charge is 2.58. The minimum Gasteiger partial charge on any atom is -0.494 e. The standard InChI is InChI=1S/C27H38O3/c1-2-18-4-3-5-21(16-18)30-15-14-27-13-12-23-22-9-7-20(28)17-19(22)6-8-24(23)25(27)10-11-26(27)29/h3-5,16,19,22-26,29H,2,6-15,17H2,1H3/t19-,22?,23?,24?,25?,26-,27+/m0/s1. The second kappa shape index (κ2) is 8.30. The first-order chi connectivity index (χ1) is 14.6. The number of fused-ring (bicyclic) bond motifs is 5. The maximum atomic E-state index is 12.0. The zero-order valence-corrected chi connectivity index (χ0v) is 18.5. The molecule has 0 aliphatic heterocycles. The first kappa shape index (κ1) is 20.5. The van der Waals surface area contributed by atoms with E-state index in [1.807, 2.05) is 0 Å². The quantitative estimate of drug-likeness (QED) is 0.689. The molecule has 0 aromatic heterocycles. The van der Waals surface area contributed by atoms with Gasteiger partial charge in [0.15, 0.2) is 0 Å². The predicted octanol–water partition coefficient (Wildman–Crippen LogP) is 5.58. The summed E-state index contributed by atoms with van der Waals surface area (Å²) in [5.74, 6) is 5.09. The highest BCUT2D eigenvalue weighted by molar-refractivity contribution is 5.79. The topological polar surface area (TPSA) is 46.5 Å². The Hall–Kier alpha value is -1.35. The first-order valence-electron chi connectivity index (χ1n) is 12.5. The molecule has 0 amide bonds. The van der Waals surface area contributed by atoms with Gasteiger partial charge in [0.25, 0.3) is 0 Å². The van der Waals surface area contributed by atoms with Gasteiger partial charge >= 0.3 is 0 Å². The van der Waals surface area contributed by atoms with Crippen molar-refractivity contribution in [3.63, 3.8) is 0 Å². The molecule has 30 heavy (non-hydrogen) atoms. The maximum absolute atomic E-state index is 12.0. The summed E-state index contributed by atoms with van der Waals surface area (Å²) in [6.07, 6.45) is 11.7. The fraction of sp³-hybridized carbons (Fsp3) is 0.741. The molecule has 0 radical (unpaired) electrons. The van der Waals surface area contributed by atoms with E-state index in [0.717, 1.165) is 68.4 Å². The summed E-state index contributed by atoms with van der Waals surface area (Å²) in [5, 5.41) is 11.1. The highest BCUT2D eigenvalue weighted by atomic mass is 16.5. The Morgan fingerprint density at radius 1 is 1.07 bits per heavy atom. The van der Waals surface area contributed by atoms with Gasteiger partial charge in [0.1, 0.15) is 11.5 Å². The Morgan fingerprint density at radius 2 is 1.97 bits per heavy atom. The molecule has 0 heterocycles. The number of rotatable bonds is 5. The van der Waals surface area contributed by atoms with Gasteiger partial charge in [-0.05, 0) is 105 Å². The molecule has 3 heteroatoms. The predicted molar refractivity (Wildman–Crippen MR) is 118 cm³/mol. The Kier molecular flexibility index (Phi) is 5.68. The van der Waals surface area contributed by atoms with Crippen molar-refractivity contribution in [2.24, 2.45) is 35.0 Å². The summed E-state index contributed by atoms with van der Waals surface area (Å²) in [7, 11) is 0.